The van der Waals surface area contributed by atoms with Crippen LogP contribution in [0.5, 0.6) is 0 Å². The Labute approximate surface area is 90.2 Å². The Kier molecular flexibility index (Phi) is 3.78. The smallest absolute Gasteiger partial charge is 0.135 e. The highest BCUT2D eigenvalue weighted by Crippen LogP contribution is 2.38. The van der Waals surface area contributed by atoms with Gasteiger partial charge in [-0.25, -0.2) is 4.39 Å². The molecule has 14 heavy (non-hydrogen) atoms. The maximum atomic E-state index is 13.9. The predicted molar refractivity (Wildman–Crippen MR) is 56.3 cm³/mol. The Morgan fingerprint density at radius 1 is 1.43 bits per heavy atom. The van der Waals surface area contributed by atoms with E-state index in [0.717, 1.165) is 0 Å². The van der Waals surface area contributed by atoms with Crippen LogP contribution < -0.4 is 5.32 Å². The van der Waals surface area contributed by atoms with Gasteiger partial charge >= 0.3 is 0 Å². The van der Waals surface area contributed by atoms with Crippen molar-refractivity contribution in [3.05, 3.63) is 0 Å². The van der Waals surface area contributed by atoms with Gasteiger partial charge in [0.05, 0.1) is 6.10 Å². The van der Waals surface area contributed by atoms with E-state index in [1.807, 2.05) is 20.8 Å². The van der Waals surface area contributed by atoms with Crippen LogP contribution >= 0.6 is 11.6 Å². The van der Waals surface area contributed by atoms with E-state index in [2.05, 4.69) is 5.32 Å². The second-order valence-corrected chi connectivity index (χ2v) is 5.39. The minimum atomic E-state index is -1.06. The summed E-state index contributed by atoms with van der Waals surface area (Å²) in [7, 11) is 1.62. The van der Waals surface area contributed by atoms with Crippen molar-refractivity contribution >= 4 is 11.6 Å². The molecule has 1 rings (SSSR count). The van der Waals surface area contributed by atoms with Crippen LogP contribution in [0.15, 0.2) is 0 Å². The number of halogens is 2. The second-order valence-electron chi connectivity index (χ2n) is 4.92. The Balaban J connectivity index is 2.82. The number of rotatable bonds is 1. The fourth-order valence-electron chi connectivity index (χ4n) is 2.12. The van der Waals surface area contributed by atoms with Crippen molar-refractivity contribution in [2.75, 3.05) is 13.7 Å². The third-order valence-electron chi connectivity index (χ3n) is 2.84. The monoisotopic (exact) mass is 223 g/mol. The molecule has 0 aromatic rings. The summed E-state index contributed by atoms with van der Waals surface area (Å²) < 4.78 is 19.2. The molecule has 1 saturated heterocycles. The van der Waals surface area contributed by atoms with E-state index in [0.29, 0.717) is 6.54 Å². The summed E-state index contributed by atoms with van der Waals surface area (Å²) in [5, 5.41) is 2.90. The zero-order valence-electron chi connectivity index (χ0n) is 9.18. The van der Waals surface area contributed by atoms with Crippen LogP contribution in [0.3, 0.4) is 0 Å². The number of nitrogens with one attached hydrogen (secondary N) is 1. The standard InChI is InChI=1S/C10H19ClFNO/c1-10(2,3)7-6(14-4)5-13-9(11)8(7)12/h6-9,13H,5H2,1-4H3. The number of piperidine rings is 1. The van der Waals surface area contributed by atoms with Gasteiger partial charge in [-0.15, -0.1) is 11.6 Å². The highest BCUT2D eigenvalue weighted by molar-refractivity contribution is 6.20. The summed E-state index contributed by atoms with van der Waals surface area (Å²) in [5.41, 5.74) is -0.722. The quantitative estimate of drug-likeness (QED) is 0.544. The number of alkyl halides is 2. The molecule has 1 aliphatic rings. The van der Waals surface area contributed by atoms with Crippen LogP contribution in [-0.2, 0) is 4.74 Å². The minimum Gasteiger partial charge on any atom is -0.380 e. The van der Waals surface area contributed by atoms with E-state index in [9.17, 15) is 4.39 Å². The molecule has 4 atom stereocenters. The Morgan fingerprint density at radius 3 is 2.43 bits per heavy atom. The van der Waals surface area contributed by atoms with Crippen LogP contribution in [0, 0.1) is 11.3 Å². The first-order chi connectivity index (χ1) is 6.38. The van der Waals surface area contributed by atoms with E-state index in [1.165, 1.54) is 0 Å². The number of hydrogen-bond acceptors (Lipinski definition) is 2. The van der Waals surface area contributed by atoms with Gasteiger partial charge in [-0.05, 0) is 5.41 Å². The zero-order chi connectivity index (χ0) is 10.9. The number of methoxy groups -OCH3 is 1. The maximum Gasteiger partial charge on any atom is 0.135 e. The fourth-order valence-corrected chi connectivity index (χ4v) is 2.37. The highest BCUT2D eigenvalue weighted by atomic mass is 35.5. The SMILES string of the molecule is COC1CNC(Cl)C(F)C1C(C)(C)C. The number of hydrogen-bond donors (Lipinski definition) is 1. The summed E-state index contributed by atoms with van der Waals surface area (Å²) >= 11 is 5.85. The van der Waals surface area contributed by atoms with Crippen molar-refractivity contribution in [2.24, 2.45) is 11.3 Å². The van der Waals surface area contributed by atoms with Crippen LogP contribution in [-0.4, -0.2) is 31.4 Å². The minimum absolute atomic E-state index is 0.0972. The van der Waals surface area contributed by atoms with Crippen molar-refractivity contribution in [2.45, 2.75) is 38.5 Å². The van der Waals surface area contributed by atoms with Gasteiger partial charge < -0.3 is 4.74 Å². The molecule has 0 radical (unpaired) electrons. The molecule has 1 fully saturated rings. The van der Waals surface area contributed by atoms with Crippen LogP contribution in [0.4, 0.5) is 4.39 Å². The Hall–Kier alpha value is 0.140. The van der Waals surface area contributed by atoms with Gasteiger partial charge in [0.1, 0.15) is 11.7 Å². The molecule has 1 aliphatic heterocycles. The highest BCUT2D eigenvalue weighted by Gasteiger charge is 2.45. The van der Waals surface area contributed by atoms with Crippen molar-refractivity contribution < 1.29 is 9.13 Å². The van der Waals surface area contributed by atoms with Crippen LogP contribution in [0.1, 0.15) is 20.8 Å². The molecular formula is C10H19ClFNO. The van der Waals surface area contributed by atoms with Gasteiger partial charge in [0.25, 0.3) is 0 Å². The van der Waals surface area contributed by atoms with Gasteiger partial charge in [-0.2, -0.15) is 0 Å². The fraction of sp³-hybridized carbons (Fsp3) is 1.00. The van der Waals surface area contributed by atoms with Gasteiger partial charge in [-0.1, -0.05) is 20.8 Å². The van der Waals surface area contributed by atoms with Crippen molar-refractivity contribution in [3.8, 4) is 0 Å². The summed E-state index contributed by atoms with van der Waals surface area (Å²) in [5.74, 6) is -0.156. The summed E-state index contributed by atoms with van der Waals surface area (Å²) in [6.07, 6.45) is -1.16. The van der Waals surface area contributed by atoms with Crippen molar-refractivity contribution in [1.82, 2.24) is 5.32 Å². The number of ether oxygens (including phenoxy) is 1. The molecule has 0 aromatic heterocycles. The lowest BCUT2D eigenvalue weighted by atomic mass is 9.73. The first kappa shape index (κ1) is 12.2. The summed E-state index contributed by atoms with van der Waals surface area (Å²) in [4.78, 5) is 0. The Morgan fingerprint density at radius 2 is 2.00 bits per heavy atom. The van der Waals surface area contributed by atoms with Gasteiger partial charge in [0.2, 0.25) is 0 Å². The largest absolute Gasteiger partial charge is 0.380 e. The van der Waals surface area contributed by atoms with Crippen molar-refractivity contribution in [3.63, 3.8) is 0 Å². The molecule has 0 aliphatic carbocycles. The molecule has 0 aromatic carbocycles. The van der Waals surface area contributed by atoms with Gasteiger partial charge in [0, 0.05) is 19.6 Å². The predicted octanol–water partition coefficient (Wildman–Crippen LogP) is 2.17. The Bertz CT molecular complexity index is 193. The topological polar surface area (TPSA) is 21.3 Å². The van der Waals surface area contributed by atoms with E-state index >= 15 is 0 Å². The van der Waals surface area contributed by atoms with E-state index in [1.54, 1.807) is 7.11 Å². The summed E-state index contributed by atoms with van der Waals surface area (Å²) in [6.45, 7) is 6.68. The lowest BCUT2D eigenvalue weighted by Gasteiger charge is -2.43. The first-order valence-corrected chi connectivity index (χ1v) is 5.36. The molecule has 0 amide bonds. The van der Waals surface area contributed by atoms with Gasteiger partial charge in [-0.3, -0.25) is 5.32 Å². The lowest BCUT2D eigenvalue weighted by Crippen LogP contribution is -2.57. The molecule has 4 unspecified atom stereocenters. The third kappa shape index (κ3) is 2.38. The van der Waals surface area contributed by atoms with E-state index in [-0.39, 0.29) is 17.4 Å². The van der Waals surface area contributed by atoms with E-state index < -0.39 is 11.7 Å². The summed E-state index contributed by atoms with van der Waals surface area (Å²) in [6, 6.07) is 0. The molecule has 84 valence electrons. The van der Waals surface area contributed by atoms with Crippen LogP contribution in [0.2, 0.25) is 0 Å². The average Bonchev–Trinajstić information content (AvgIpc) is 2.07. The third-order valence-corrected chi connectivity index (χ3v) is 3.23. The molecular weight excluding hydrogens is 205 g/mol. The zero-order valence-corrected chi connectivity index (χ0v) is 9.94. The van der Waals surface area contributed by atoms with Gasteiger partial charge in [0.15, 0.2) is 0 Å². The molecule has 0 saturated carbocycles. The first-order valence-electron chi connectivity index (χ1n) is 4.92. The molecule has 1 heterocycles. The normalized spacial score (nSPS) is 39.9. The molecule has 0 spiro atoms. The second kappa shape index (κ2) is 4.33. The van der Waals surface area contributed by atoms with E-state index in [4.69, 9.17) is 16.3 Å². The maximum absolute atomic E-state index is 13.9. The molecule has 2 nitrogen and oxygen atoms in total. The lowest BCUT2D eigenvalue weighted by molar-refractivity contribution is -0.0579. The molecule has 4 heteroatoms. The molecule has 0 bridgehead atoms. The van der Waals surface area contributed by atoms with Crippen molar-refractivity contribution in [1.29, 1.82) is 0 Å². The average molecular weight is 224 g/mol. The van der Waals surface area contributed by atoms with Crippen LogP contribution in [0.25, 0.3) is 0 Å². The molecule has 1 N–H and O–H groups in total.